The van der Waals surface area contributed by atoms with E-state index in [2.05, 4.69) is 24.3 Å². The van der Waals surface area contributed by atoms with Crippen LogP contribution in [-0.2, 0) is 16.1 Å². The van der Waals surface area contributed by atoms with Gasteiger partial charge in [0.05, 0.1) is 12.7 Å². The normalized spacial score (nSPS) is 24.8. The minimum atomic E-state index is 0.158. The summed E-state index contributed by atoms with van der Waals surface area (Å²) >= 11 is 0. The van der Waals surface area contributed by atoms with E-state index in [4.69, 9.17) is 15.2 Å². The monoisotopic (exact) mass is 235 g/mol. The standard InChI is InChI=1S/C14H21NO2/c1-16-10-11-4-2-5-12(8-11)14-13(9-15)6-3-7-17-14/h2,4-5,8,13-14H,3,6-7,9-10,15H2,1H3. The fourth-order valence-electron chi connectivity index (χ4n) is 2.48. The fourth-order valence-corrected chi connectivity index (χ4v) is 2.48. The number of methoxy groups -OCH3 is 1. The van der Waals surface area contributed by atoms with Gasteiger partial charge in [0.15, 0.2) is 0 Å². The summed E-state index contributed by atoms with van der Waals surface area (Å²) in [6.07, 6.45) is 2.44. The fraction of sp³-hybridized carbons (Fsp3) is 0.571. The first-order valence-electron chi connectivity index (χ1n) is 6.24. The van der Waals surface area contributed by atoms with Crippen LogP contribution in [0.25, 0.3) is 0 Å². The molecule has 0 aliphatic carbocycles. The van der Waals surface area contributed by atoms with Crippen molar-refractivity contribution in [2.75, 3.05) is 20.3 Å². The van der Waals surface area contributed by atoms with E-state index in [1.165, 1.54) is 11.1 Å². The molecule has 1 heterocycles. The van der Waals surface area contributed by atoms with Crippen LogP contribution in [-0.4, -0.2) is 20.3 Å². The molecule has 2 atom stereocenters. The van der Waals surface area contributed by atoms with Gasteiger partial charge in [-0.2, -0.15) is 0 Å². The zero-order valence-electron chi connectivity index (χ0n) is 10.4. The van der Waals surface area contributed by atoms with E-state index in [0.29, 0.717) is 19.1 Å². The summed E-state index contributed by atoms with van der Waals surface area (Å²) in [4.78, 5) is 0. The molecule has 3 nitrogen and oxygen atoms in total. The molecule has 0 aromatic heterocycles. The van der Waals surface area contributed by atoms with Gasteiger partial charge in [-0.25, -0.2) is 0 Å². The van der Waals surface area contributed by atoms with Gasteiger partial charge < -0.3 is 15.2 Å². The van der Waals surface area contributed by atoms with E-state index in [-0.39, 0.29) is 6.10 Å². The minimum absolute atomic E-state index is 0.158. The molecular formula is C14H21NO2. The second kappa shape index (κ2) is 6.15. The number of nitrogens with two attached hydrogens (primary N) is 1. The van der Waals surface area contributed by atoms with E-state index in [1.54, 1.807) is 7.11 Å². The molecule has 0 radical (unpaired) electrons. The molecule has 0 bridgehead atoms. The van der Waals surface area contributed by atoms with Crippen LogP contribution in [0.4, 0.5) is 0 Å². The summed E-state index contributed by atoms with van der Waals surface area (Å²) in [5, 5.41) is 0. The van der Waals surface area contributed by atoms with Crippen molar-refractivity contribution in [3.8, 4) is 0 Å². The first-order valence-corrected chi connectivity index (χ1v) is 6.24. The molecule has 1 fully saturated rings. The Morgan fingerprint density at radius 2 is 2.35 bits per heavy atom. The third-order valence-electron chi connectivity index (χ3n) is 3.34. The Morgan fingerprint density at radius 3 is 3.12 bits per heavy atom. The average molecular weight is 235 g/mol. The summed E-state index contributed by atoms with van der Waals surface area (Å²) in [6.45, 7) is 2.18. The van der Waals surface area contributed by atoms with Gasteiger partial charge in [0.2, 0.25) is 0 Å². The third-order valence-corrected chi connectivity index (χ3v) is 3.34. The lowest BCUT2D eigenvalue weighted by Crippen LogP contribution is -2.28. The molecule has 2 rings (SSSR count). The van der Waals surface area contributed by atoms with Gasteiger partial charge in [-0.05, 0) is 30.5 Å². The maximum absolute atomic E-state index is 5.88. The molecule has 0 amide bonds. The first-order chi connectivity index (χ1) is 8.35. The Labute approximate surface area is 103 Å². The molecule has 2 N–H and O–H groups in total. The van der Waals surface area contributed by atoms with Gasteiger partial charge >= 0.3 is 0 Å². The highest BCUT2D eigenvalue weighted by Gasteiger charge is 2.26. The lowest BCUT2D eigenvalue weighted by atomic mass is 9.89. The molecule has 1 aromatic rings. The van der Waals surface area contributed by atoms with Crippen LogP contribution >= 0.6 is 0 Å². The number of benzene rings is 1. The van der Waals surface area contributed by atoms with Crippen LogP contribution in [0.5, 0.6) is 0 Å². The second-order valence-corrected chi connectivity index (χ2v) is 4.61. The Hall–Kier alpha value is -0.900. The minimum Gasteiger partial charge on any atom is -0.380 e. The van der Waals surface area contributed by atoms with Crippen LogP contribution in [0.2, 0.25) is 0 Å². The SMILES string of the molecule is COCc1cccc(C2OCCCC2CN)c1. The predicted octanol–water partition coefficient (Wildman–Crippen LogP) is 2.26. The van der Waals surface area contributed by atoms with E-state index in [9.17, 15) is 0 Å². The molecule has 1 saturated heterocycles. The summed E-state index contributed by atoms with van der Waals surface area (Å²) < 4.78 is 11.0. The highest BCUT2D eigenvalue weighted by molar-refractivity contribution is 5.25. The van der Waals surface area contributed by atoms with Crippen LogP contribution in [0, 0.1) is 5.92 Å². The maximum atomic E-state index is 5.88. The van der Waals surface area contributed by atoms with Crippen molar-refractivity contribution < 1.29 is 9.47 Å². The number of rotatable bonds is 4. The topological polar surface area (TPSA) is 44.5 Å². The smallest absolute Gasteiger partial charge is 0.0865 e. The van der Waals surface area contributed by atoms with Gasteiger partial charge in [-0.1, -0.05) is 24.3 Å². The third kappa shape index (κ3) is 3.06. The lowest BCUT2D eigenvalue weighted by molar-refractivity contribution is -0.0252. The van der Waals surface area contributed by atoms with Gasteiger partial charge in [0.25, 0.3) is 0 Å². The summed E-state index contributed by atoms with van der Waals surface area (Å²) in [5.41, 5.74) is 8.24. The van der Waals surface area contributed by atoms with E-state index >= 15 is 0 Å². The molecule has 94 valence electrons. The van der Waals surface area contributed by atoms with Crippen molar-refractivity contribution in [1.82, 2.24) is 0 Å². The van der Waals surface area contributed by atoms with Crippen molar-refractivity contribution in [2.24, 2.45) is 11.7 Å². The molecule has 3 heteroatoms. The van der Waals surface area contributed by atoms with Gasteiger partial charge in [0.1, 0.15) is 0 Å². The largest absolute Gasteiger partial charge is 0.380 e. The predicted molar refractivity (Wildman–Crippen MR) is 67.6 cm³/mol. The van der Waals surface area contributed by atoms with Crippen molar-refractivity contribution >= 4 is 0 Å². The van der Waals surface area contributed by atoms with Crippen molar-refractivity contribution in [2.45, 2.75) is 25.6 Å². The summed E-state index contributed by atoms with van der Waals surface area (Å²) in [7, 11) is 1.71. The summed E-state index contributed by atoms with van der Waals surface area (Å²) in [6, 6.07) is 8.43. The maximum Gasteiger partial charge on any atom is 0.0865 e. The molecule has 0 spiro atoms. The van der Waals surface area contributed by atoms with Crippen LogP contribution in [0.3, 0.4) is 0 Å². The Morgan fingerprint density at radius 1 is 1.47 bits per heavy atom. The Balaban J connectivity index is 2.16. The van der Waals surface area contributed by atoms with Gasteiger partial charge in [-0.15, -0.1) is 0 Å². The van der Waals surface area contributed by atoms with E-state index in [1.807, 2.05) is 0 Å². The van der Waals surface area contributed by atoms with E-state index in [0.717, 1.165) is 19.4 Å². The molecule has 1 aliphatic rings. The average Bonchev–Trinajstić information content (AvgIpc) is 2.39. The molecule has 17 heavy (non-hydrogen) atoms. The van der Waals surface area contributed by atoms with Gasteiger partial charge in [-0.3, -0.25) is 0 Å². The summed E-state index contributed by atoms with van der Waals surface area (Å²) in [5.74, 6) is 0.446. The Kier molecular flexibility index (Phi) is 4.54. The highest BCUT2D eigenvalue weighted by Crippen LogP contribution is 2.33. The molecule has 2 unspecified atom stereocenters. The van der Waals surface area contributed by atoms with Crippen molar-refractivity contribution in [1.29, 1.82) is 0 Å². The van der Waals surface area contributed by atoms with Crippen LogP contribution in [0.1, 0.15) is 30.1 Å². The number of ether oxygens (including phenoxy) is 2. The lowest BCUT2D eigenvalue weighted by Gasteiger charge is -2.31. The number of hydrogen-bond donors (Lipinski definition) is 1. The molecular weight excluding hydrogens is 214 g/mol. The molecule has 0 saturated carbocycles. The van der Waals surface area contributed by atoms with Crippen LogP contribution < -0.4 is 5.73 Å². The Bertz CT molecular complexity index is 354. The van der Waals surface area contributed by atoms with Crippen molar-refractivity contribution in [3.05, 3.63) is 35.4 Å². The second-order valence-electron chi connectivity index (χ2n) is 4.61. The zero-order chi connectivity index (χ0) is 12.1. The quantitative estimate of drug-likeness (QED) is 0.870. The zero-order valence-corrected chi connectivity index (χ0v) is 10.4. The first kappa shape index (κ1) is 12.6. The van der Waals surface area contributed by atoms with Gasteiger partial charge in [0, 0.05) is 19.6 Å². The molecule has 1 aliphatic heterocycles. The van der Waals surface area contributed by atoms with Crippen LogP contribution in [0.15, 0.2) is 24.3 Å². The van der Waals surface area contributed by atoms with E-state index < -0.39 is 0 Å². The van der Waals surface area contributed by atoms with Crippen molar-refractivity contribution in [3.63, 3.8) is 0 Å². The molecule has 1 aromatic carbocycles. The number of hydrogen-bond acceptors (Lipinski definition) is 3. The highest BCUT2D eigenvalue weighted by atomic mass is 16.5.